The first-order chi connectivity index (χ1) is 17.5. The molecule has 5 rings (SSSR count). The summed E-state index contributed by atoms with van der Waals surface area (Å²) in [5.74, 6) is 0.657. The molecule has 7 nitrogen and oxygen atoms in total. The van der Waals surface area contributed by atoms with Gasteiger partial charge in [0.05, 0.1) is 43.1 Å². The molecule has 0 amide bonds. The van der Waals surface area contributed by atoms with Crippen molar-refractivity contribution >= 4 is 38.8 Å². The minimum absolute atomic E-state index is 0.140. The van der Waals surface area contributed by atoms with Crippen LogP contribution < -0.4 is 9.80 Å². The molecule has 0 radical (unpaired) electrons. The van der Waals surface area contributed by atoms with Crippen LogP contribution in [0.1, 0.15) is 11.1 Å². The fraction of sp³-hybridized carbons (Fsp3) is 0.214. The molecule has 1 fully saturated rings. The van der Waals surface area contributed by atoms with Crippen LogP contribution in [0.5, 0.6) is 0 Å². The lowest BCUT2D eigenvalue weighted by atomic mass is 10.2. The first-order valence-electron chi connectivity index (χ1n) is 12.1. The molecular formula is C28H29N5O2S. The van der Waals surface area contributed by atoms with Crippen molar-refractivity contribution in [2.24, 2.45) is 0 Å². The molecule has 8 heteroatoms. The second-order valence-electron chi connectivity index (χ2n) is 8.99. The van der Waals surface area contributed by atoms with Crippen LogP contribution in [0, 0.1) is 6.92 Å². The Kier molecular flexibility index (Phi) is 6.97. The zero-order valence-electron chi connectivity index (χ0n) is 20.2. The molecule has 0 aliphatic carbocycles. The Labute approximate surface area is 212 Å². The molecule has 0 spiro atoms. The molecule has 1 aromatic heterocycles. The third-order valence-electron chi connectivity index (χ3n) is 6.35. The molecule has 3 aromatic carbocycles. The number of benzene rings is 3. The topological polar surface area (TPSA) is 81.7 Å². The standard InChI is InChI=1S/C28H28N5O2S/c1-22-13-15-24(16-14-22)36(34,35)31-27-28(30-26-12-6-5-11-25(26)29-27)33-20-18-32(19-21-33)17-7-10-23-8-3-2-4-9-23/h2-16H,17-21H2,1H3/q-1/p+1/b10-7+. The van der Waals surface area contributed by atoms with Gasteiger partial charge in [-0.3, -0.25) is 0 Å². The summed E-state index contributed by atoms with van der Waals surface area (Å²) >= 11 is 0. The van der Waals surface area contributed by atoms with Gasteiger partial charge in [0.1, 0.15) is 5.82 Å². The van der Waals surface area contributed by atoms with Gasteiger partial charge in [0.15, 0.2) is 0 Å². The number of para-hydroxylation sites is 2. The Morgan fingerprint density at radius 2 is 1.53 bits per heavy atom. The van der Waals surface area contributed by atoms with Gasteiger partial charge in [0.25, 0.3) is 0 Å². The molecular weight excluding hydrogens is 470 g/mol. The van der Waals surface area contributed by atoms with E-state index < -0.39 is 10.0 Å². The van der Waals surface area contributed by atoms with E-state index in [9.17, 15) is 8.42 Å². The number of piperazine rings is 1. The van der Waals surface area contributed by atoms with Crippen molar-refractivity contribution in [3.8, 4) is 0 Å². The predicted octanol–water partition coefficient (Wildman–Crippen LogP) is 3.75. The number of sulfonamides is 1. The lowest BCUT2D eigenvalue weighted by Gasteiger charge is -2.35. The lowest BCUT2D eigenvalue weighted by molar-refractivity contribution is -0.894. The van der Waals surface area contributed by atoms with Crippen LogP contribution in [0.3, 0.4) is 0 Å². The van der Waals surface area contributed by atoms with Crippen LogP contribution >= 0.6 is 0 Å². The Morgan fingerprint density at radius 3 is 2.22 bits per heavy atom. The lowest BCUT2D eigenvalue weighted by Crippen LogP contribution is -3.14. The number of hydrogen-bond donors (Lipinski definition) is 1. The maximum absolute atomic E-state index is 13.1. The summed E-state index contributed by atoms with van der Waals surface area (Å²) in [5, 5.41) is 0. The van der Waals surface area contributed by atoms with Crippen LogP contribution in [0.4, 0.5) is 11.6 Å². The zero-order chi connectivity index (χ0) is 25.0. The normalized spacial score (nSPS) is 15.0. The number of nitrogens with zero attached hydrogens (tertiary/aromatic N) is 4. The Hall–Kier alpha value is -3.75. The molecule has 36 heavy (non-hydrogen) atoms. The van der Waals surface area contributed by atoms with E-state index in [0.29, 0.717) is 11.3 Å². The van der Waals surface area contributed by atoms with Crippen LogP contribution in [0.25, 0.3) is 21.8 Å². The van der Waals surface area contributed by atoms with E-state index in [1.807, 2.05) is 49.4 Å². The number of aryl methyl sites for hydroxylation is 1. The van der Waals surface area contributed by atoms with Crippen LogP contribution in [0.15, 0.2) is 89.8 Å². The molecule has 0 unspecified atom stereocenters. The third-order valence-corrected chi connectivity index (χ3v) is 7.63. The summed E-state index contributed by atoms with van der Waals surface area (Å²) < 4.78 is 30.4. The zero-order valence-corrected chi connectivity index (χ0v) is 21.0. The number of aromatic nitrogens is 2. The van der Waals surface area contributed by atoms with Crippen molar-refractivity contribution in [1.29, 1.82) is 0 Å². The van der Waals surface area contributed by atoms with E-state index in [1.54, 1.807) is 24.3 Å². The van der Waals surface area contributed by atoms with Crippen molar-refractivity contribution in [1.82, 2.24) is 9.97 Å². The van der Waals surface area contributed by atoms with Crippen molar-refractivity contribution < 1.29 is 13.3 Å². The van der Waals surface area contributed by atoms with E-state index in [-0.39, 0.29) is 10.7 Å². The van der Waals surface area contributed by atoms with Gasteiger partial charge in [-0.15, -0.1) is 0 Å². The molecule has 2 heterocycles. The smallest absolute Gasteiger partial charge is 0.202 e. The summed E-state index contributed by atoms with van der Waals surface area (Å²) in [5.41, 5.74) is 3.52. The number of fused-ring (bicyclic) bond motifs is 1. The number of nitrogens with one attached hydrogen (secondary N) is 1. The molecule has 0 bridgehead atoms. The summed E-state index contributed by atoms with van der Waals surface area (Å²) in [6, 6.07) is 24.5. The second kappa shape index (κ2) is 10.5. The molecule has 1 aliphatic heterocycles. The van der Waals surface area contributed by atoms with Gasteiger partial charge < -0.3 is 19.5 Å². The van der Waals surface area contributed by atoms with Gasteiger partial charge in [-0.1, -0.05) is 72.3 Å². The highest BCUT2D eigenvalue weighted by molar-refractivity contribution is 7.94. The summed E-state index contributed by atoms with van der Waals surface area (Å²) in [6.45, 7) is 6.17. The van der Waals surface area contributed by atoms with Gasteiger partial charge in [-0.2, -0.15) is 0 Å². The van der Waals surface area contributed by atoms with E-state index in [1.165, 1.54) is 10.5 Å². The van der Waals surface area contributed by atoms with Gasteiger partial charge >= 0.3 is 0 Å². The first kappa shape index (κ1) is 24.0. The summed E-state index contributed by atoms with van der Waals surface area (Å²) in [6.07, 6.45) is 4.37. The molecule has 1 aliphatic rings. The Morgan fingerprint density at radius 1 is 0.889 bits per heavy atom. The third kappa shape index (κ3) is 5.56. The van der Waals surface area contributed by atoms with E-state index in [4.69, 9.17) is 4.98 Å². The predicted molar refractivity (Wildman–Crippen MR) is 144 cm³/mol. The van der Waals surface area contributed by atoms with Crippen molar-refractivity contribution in [3.63, 3.8) is 0 Å². The highest BCUT2D eigenvalue weighted by Gasteiger charge is 2.22. The number of quaternary nitrogens is 1. The minimum atomic E-state index is -3.93. The Balaban J connectivity index is 1.35. The van der Waals surface area contributed by atoms with E-state index >= 15 is 0 Å². The fourth-order valence-electron chi connectivity index (χ4n) is 4.30. The van der Waals surface area contributed by atoms with Gasteiger partial charge in [-0.25, -0.2) is 13.4 Å². The van der Waals surface area contributed by atoms with Gasteiger partial charge in [-0.05, 0) is 48.1 Å². The summed E-state index contributed by atoms with van der Waals surface area (Å²) in [7, 11) is -3.93. The molecule has 0 atom stereocenters. The number of anilines is 1. The SMILES string of the molecule is Cc1ccc(S(=O)(=O)[N-]c2nc3ccccc3nc2N2CC[NH+](C/C=C/c3ccccc3)CC2)cc1. The van der Waals surface area contributed by atoms with Crippen LogP contribution in [0.2, 0.25) is 0 Å². The van der Waals surface area contributed by atoms with Gasteiger partial charge in [0.2, 0.25) is 10.0 Å². The number of hydrogen-bond acceptors (Lipinski definition) is 5. The van der Waals surface area contributed by atoms with Gasteiger partial charge in [0, 0.05) is 0 Å². The highest BCUT2D eigenvalue weighted by Crippen LogP contribution is 2.35. The monoisotopic (exact) mass is 499 g/mol. The maximum Gasteiger partial charge on any atom is 0.202 e. The van der Waals surface area contributed by atoms with Crippen molar-refractivity contribution in [2.45, 2.75) is 11.8 Å². The molecule has 1 saturated heterocycles. The Bertz CT molecular complexity index is 1460. The maximum atomic E-state index is 13.1. The quantitative estimate of drug-likeness (QED) is 0.419. The molecule has 184 valence electrons. The molecule has 0 saturated carbocycles. The summed E-state index contributed by atoms with van der Waals surface area (Å²) in [4.78, 5) is 13.1. The average Bonchev–Trinajstić information content (AvgIpc) is 2.89. The van der Waals surface area contributed by atoms with E-state index in [2.05, 4.69) is 38.9 Å². The van der Waals surface area contributed by atoms with Crippen LogP contribution in [-0.2, 0) is 10.0 Å². The molecule has 4 aromatic rings. The number of rotatable bonds is 7. The average molecular weight is 500 g/mol. The largest absolute Gasteiger partial charge is 0.431 e. The van der Waals surface area contributed by atoms with Crippen molar-refractivity contribution in [2.75, 3.05) is 37.6 Å². The minimum Gasteiger partial charge on any atom is -0.431 e. The van der Waals surface area contributed by atoms with Crippen LogP contribution in [-0.4, -0.2) is 51.1 Å². The van der Waals surface area contributed by atoms with Crippen molar-refractivity contribution in [3.05, 3.63) is 101 Å². The highest BCUT2D eigenvalue weighted by atomic mass is 32.2. The molecule has 1 N–H and O–H groups in total. The fourth-order valence-corrected chi connectivity index (χ4v) is 5.23. The van der Waals surface area contributed by atoms with E-state index in [0.717, 1.165) is 43.8 Å². The second-order valence-corrected chi connectivity index (χ2v) is 10.6. The first-order valence-corrected chi connectivity index (χ1v) is 13.5.